The van der Waals surface area contributed by atoms with Crippen LogP contribution in [0.25, 0.3) is 11.1 Å². The Balaban J connectivity index is 1.24. The van der Waals surface area contributed by atoms with Crippen LogP contribution in [0.2, 0.25) is 5.02 Å². The van der Waals surface area contributed by atoms with Crippen LogP contribution in [-0.2, 0) is 35.7 Å². The molecule has 13 nitrogen and oxygen atoms in total. The summed E-state index contributed by atoms with van der Waals surface area (Å²) in [4.78, 5) is 48.5. The standard InChI is InChI=1S/C37H48ClN5O8S/c1-52(47,48)42-30(11-8-24-12-16-39-17-13-24)37(46)43-22-28(50-23-26-6-9-27(38)10-7-26)21-32(43)35(45)40-31(20-25-14-18-49-19-15-25)34(44)36-41-29-4-2-3-5-33(29)51-36/h2-7,9-10,24-25,28,30-32,39,42H,8,11-23H2,1H3,(H,40,45)/t28-,30-,31+,32?/m1/s1. The maximum atomic E-state index is 14.4. The minimum atomic E-state index is -3.77. The number of amides is 2. The molecule has 3 N–H and O–H groups in total. The van der Waals surface area contributed by atoms with Crippen LogP contribution in [-0.4, -0.2) is 99.2 Å². The molecule has 3 fully saturated rings. The Morgan fingerprint density at radius 1 is 1.02 bits per heavy atom. The van der Waals surface area contributed by atoms with Crippen molar-refractivity contribution in [3.05, 3.63) is 65.0 Å². The first kappa shape index (κ1) is 38.3. The van der Waals surface area contributed by atoms with E-state index in [1.54, 1.807) is 36.4 Å². The number of fused-ring (bicyclic) bond motifs is 1. The van der Waals surface area contributed by atoms with Crippen molar-refractivity contribution in [1.82, 2.24) is 25.2 Å². The van der Waals surface area contributed by atoms with E-state index in [0.29, 0.717) is 54.5 Å². The van der Waals surface area contributed by atoms with E-state index in [9.17, 15) is 22.8 Å². The zero-order valence-electron chi connectivity index (χ0n) is 29.4. The number of likely N-dealkylation sites (tertiary alicyclic amines) is 1. The van der Waals surface area contributed by atoms with Crippen molar-refractivity contribution in [2.45, 2.75) is 82.2 Å². The van der Waals surface area contributed by atoms with Crippen LogP contribution in [0.3, 0.4) is 0 Å². The van der Waals surface area contributed by atoms with Crippen molar-refractivity contribution in [3.8, 4) is 0 Å². The number of carbonyl (C=O) groups excluding carboxylic acids is 3. The summed E-state index contributed by atoms with van der Waals surface area (Å²) >= 11 is 6.06. The lowest BCUT2D eigenvalue weighted by Gasteiger charge is -2.31. The van der Waals surface area contributed by atoms with Gasteiger partial charge in [-0.2, -0.15) is 0 Å². The highest BCUT2D eigenvalue weighted by Crippen LogP contribution is 2.28. The van der Waals surface area contributed by atoms with Gasteiger partial charge in [0.25, 0.3) is 5.89 Å². The summed E-state index contributed by atoms with van der Waals surface area (Å²) in [5.41, 5.74) is 1.86. The fourth-order valence-corrected chi connectivity index (χ4v) is 8.27. The van der Waals surface area contributed by atoms with Crippen molar-refractivity contribution < 1.29 is 36.7 Å². The second kappa shape index (κ2) is 17.6. The number of sulfonamides is 1. The maximum Gasteiger partial charge on any atom is 0.266 e. The first-order chi connectivity index (χ1) is 25.0. The molecule has 0 radical (unpaired) electrons. The number of hydrogen-bond donors (Lipinski definition) is 3. The van der Waals surface area contributed by atoms with Crippen LogP contribution in [0.15, 0.2) is 52.9 Å². The Labute approximate surface area is 309 Å². The quantitative estimate of drug-likeness (QED) is 0.194. The number of hydrogen-bond acceptors (Lipinski definition) is 10. The maximum absolute atomic E-state index is 14.4. The first-order valence-electron chi connectivity index (χ1n) is 18.1. The van der Waals surface area contributed by atoms with Gasteiger partial charge in [0.1, 0.15) is 17.6 Å². The number of nitrogens with zero attached hydrogens (tertiary/aromatic N) is 2. The molecule has 2 aromatic carbocycles. The lowest BCUT2D eigenvalue weighted by molar-refractivity contribution is -0.140. The zero-order chi connectivity index (χ0) is 36.7. The molecule has 282 valence electrons. The number of nitrogens with one attached hydrogen (secondary N) is 3. The van der Waals surface area contributed by atoms with Crippen LogP contribution in [0.1, 0.15) is 67.6 Å². The molecule has 0 saturated carbocycles. The van der Waals surface area contributed by atoms with Gasteiger partial charge in [0.2, 0.25) is 27.6 Å². The topological polar surface area (TPSA) is 169 Å². The second-order valence-corrected chi connectivity index (χ2v) is 16.4. The van der Waals surface area contributed by atoms with Gasteiger partial charge in [0, 0.05) is 31.2 Å². The summed E-state index contributed by atoms with van der Waals surface area (Å²) < 4.78 is 45.2. The normalized spacial score (nSPS) is 21.6. The van der Waals surface area contributed by atoms with Crippen molar-refractivity contribution in [2.75, 3.05) is 39.1 Å². The molecule has 3 aromatic rings. The largest absolute Gasteiger partial charge is 0.434 e. The molecule has 52 heavy (non-hydrogen) atoms. The summed E-state index contributed by atoms with van der Waals surface area (Å²) in [7, 11) is -3.77. The van der Waals surface area contributed by atoms with Gasteiger partial charge in [0.15, 0.2) is 5.58 Å². The van der Waals surface area contributed by atoms with Crippen LogP contribution < -0.4 is 15.4 Å². The summed E-state index contributed by atoms with van der Waals surface area (Å²) in [6, 6.07) is 11.2. The number of para-hydroxylation sites is 2. The lowest BCUT2D eigenvalue weighted by Crippen LogP contribution is -2.55. The number of halogens is 1. The van der Waals surface area contributed by atoms with E-state index in [4.69, 9.17) is 25.5 Å². The fourth-order valence-electron chi connectivity index (χ4n) is 7.41. The Bertz CT molecular complexity index is 1760. The van der Waals surface area contributed by atoms with Gasteiger partial charge >= 0.3 is 0 Å². The van der Waals surface area contributed by atoms with Gasteiger partial charge in [-0.15, -0.1) is 0 Å². The molecule has 0 spiro atoms. The predicted molar refractivity (Wildman–Crippen MR) is 195 cm³/mol. The van der Waals surface area contributed by atoms with Crippen LogP contribution >= 0.6 is 11.6 Å². The number of ether oxygens (including phenoxy) is 2. The van der Waals surface area contributed by atoms with E-state index in [0.717, 1.165) is 50.6 Å². The van der Waals surface area contributed by atoms with Crippen molar-refractivity contribution in [2.24, 2.45) is 11.8 Å². The van der Waals surface area contributed by atoms with Crippen LogP contribution in [0.5, 0.6) is 0 Å². The Morgan fingerprint density at radius 3 is 2.46 bits per heavy atom. The first-order valence-corrected chi connectivity index (χ1v) is 20.4. The summed E-state index contributed by atoms with van der Waals surface area (Å²) in [6.07, 6.45) is 5.31. The molecular formula is C37H48ClN5O8S. The van der Waals surface area contributed by atoms with E-state index < -0.39 is 51.9 Å². The van der Waals surface area contributed by atoms with Gasteiger partial charge < -0.3 is 29.4 Å². The molecule has 1 aromatic heterocycles. The molecule has 4 atom stereocenters. The van der Waals surface area contributed by atoms with Crippen molar-refractivity contribution >= 4 is 50.3 Å². The highest BCUT2D eigenvalue weighted by atomic mass is 35.5. The summed E-state index contributed by atoms with van der Waals surface area (Å²) in [6.45, 7) is 3.17. The smallest absolute Gasteiger partial charge is 0.266 e. The Kier molecular flexibility index (Phi) is 13.0. The third-order valence-electron chi connectivity index (χ3n) is 10.3. The zero-order valence-corrected chi connectivity index (χ0v) is 31.0. The Morgan fingerprint density at radius 2 is 1.75 bits per heavy atom. The van der Waals surface area contributed by atoms with Gasteiger partial charge in [-0.05, 0) is 99.7 Å². The predicted octanol–water partition coefficient (Wildman–Crippen LogP) is 3.85. The average molecular weight is 758 g/mol. The molecule has 2 amide bonds. The molecule has 3 saturated heterocycles. The van der Waals surface area contributed by atoms with Gasteiger partial charge in [-0.1, -0.05) is 35.9 Å². The monoisotopic (exact) mass is 757 g/mol. The highest BCUT2D eigenvalue weighted by Gasteiger charge is 2.44. The van der Waals surface area contributed by atoms with Crippen LogP contribution in [0.4, 0.5) is 0 Å². The van der Waals surface area contributed by atoms with E-state index in [-0.39, 0.29) is 31.4 Å². The number of benzene rings is 2. The molecule has 3 aliphatic heterocycles. The highest BCUT2D eigenvalue weighted by molar-refractivity contribution is 7.88. The fraction of sp³-hybridized carbons (Fsp3) is 0.568. The molecule has 4 heterocycles. The van der Waals surface area contributed by atoms with E-state index in [1.165, 1.54) is 4.90 Å². The third-order valence-corrected chi connectivity index (χ3v) is 11.2. The van der Waals surface area contributed by atoms with Crippen LogP contribution in [0, 0.1) is 11.8 Å². The minimum absolute atomic E-state index is 0.0729. The molecular weight excluding hydrogens is 710 g/mol. The molecule has 0 aliphatic carbocycles. The minimum Gasteiger partial charge on any atom is -0.434 e. The lowest BCUT2D eigenvalue weighted by atomic mass is 9.90. The third kappa shape index (κ3) is 10.4. The molecule has 6 rings (SSSR count). The Hall–Kier alpha value is -3.40. The number of carbonyl (C=O) groups is 3. The number of ketones is 1. The number of Topliss-reactive ketones (excluding diaryl/α,β-unsaturated/α-hetero) is 1. The number of rotatable bonds is 15. The van der Waals surface area contributed by atoms with Gasteiger partial charge in [-0.25, -0.2) is 18.1 Å². The van der Waals surface area contributed by atoms with Gasteiger partial charge in [0.05, 0.1) is 25.0 Å². The molecule has 0 bridgehead atoms. The van der Waals surface area contributed by atoms with Crippen molar-refractivity contribution in [1.29, 1.82) is 0 Å². The molecule has 1 unspecified atom stereocenters. The SMILES string of the molecule is CS(=O)(=O)N[C@H](CCC1CCNCC1)C(=O)N1C[C@H](OCc2ccc(Cl)cc2)CC1C(=O)N[C@@H](CC1CCOCC1)C(=O)c1nc2ccccc2o1. The van der Waals surface area contributed by atoms with E-state index >= 15 is 0 Å². The summed E-state index contributed by atoms with van der Waals surface area (Å²) in [5.74, 6) is -1.11. The second-order valence-electron chi connectivity index (χ2n) is 14.2. The number of oxazole rings is 1. The molecule has 3 aliphatic rings. The average Bonchev–Trinajstić information content (AvgIpc) is 3.78. The van der Waals surface area contributed by atoms with Gasteiger partial charge in [-0.3, -0.25) is 14.4 Å². The number of aromatic nitrogens is 1. The molecule has 15 heteroatoms. The summed E-state index contributed by atoms with van der Waals surface area (Å²) in [5, 5.41) is 6.89. The van der Waals surface area contributed by atoms with E-state index in [2.05, 4.69) is 20.3 Å². The van der Waals surface area contributed by atoms with E-state index in [1.807, 2.05) is 12.1 Å². The number of piperidine rings is 1. The van der Waals surface area contributed by atoms with Crippen molar-refractivity contribution in [3.63, 3.8) is 0 Å².